The lowest BCUT2D eigenvalue weighted by molar-refractivity contribution is 0.178. The Kier molecular flexibility index (Phi) is 4.72. The minimum Gasteiger partial charge on any atom is -0.389 e. The second kappa shape index (κ2) is 6.13. The Morgan fingerprint density at radius 3 is 2.58 bits per heavy atom. The van der Waals surface area contributed by atoms with Crippen LogP contribution in [-0.4, -0.2) is 48.1 Å². The van der Waals surface area contributed by atoms with Gasteiger partial charge in [0.25, 0.3) is 0 Å². The molecule has 0 aromatic heterocycles. The van der Waals surface area contributed by atoms with E-state index in [1.807, 2.05) is 5.01 Å². The van der Waals surface area contributed by atoms with Gasteiger partial charge in [-0.15, -0.1) is 0 Å². The third-order valence-electron chi connectivity index (χ3n) is 3.13. The Balaban J connectivity index is 2.13. The van der Waals surface area contributed by atoms with Crippen molar-refractivity contribution in [3.63, 3.8) is 0 Å². The van der Waals surface area contributed by atoms with E-state index in [4.69, 9.17) is 18.0 Å². The highest BCUT2D eigenvalue weighted by atomic mass is 79.9. The van der Waals surface area contributed by atoms with E-state index in [0.29, 0.717) is 15.7 Å². The number of thiocarbonyl (C=S) groups is 1. The molecule has 1 aliphatic heterocycles. The first-order valence-electron chi connectivity index (χ1n) is 5.97. The van der Waals surface area contributed by atoms with Gasteiger partial charge in [-0.25, -0.2) is 9.40 Å². The van der Waals surface area contributed by atoms with Gasteiger partial charge < -0.3 is 16.1 Å². The molecule has 0 spiro atoms. The minimum atomic E-state index is -0.371. The molecule has 1 heterocycles. The molecular weight excluding hydrogens is 331 g/mol. The summed E-state index contributed by atoms with van der Waals surface area (Å²) in [5.74, 6) is -0.371. The maximum Gasteiger partial charge on any atom is 0.162 e. The van der Waals surface area contributed by atoms with Crippen LogP contribution in [0.5, 0.6) is 0 Å². The lowest BCUT2D eigenvalue weighted by Gasteiger charge is -2.33. The predicted molar refractivity (Wildman–Crippen MR) is 82.7 cm³/mol. The van der Waals surface area contributed by atoms with Gasteiger partial charge in [0.05, 0.1) is 10.2 Å². The topological polar surface area (TPSA) is 44.5 Å². The summed E-state index contributed by atoms with van der Waals surface area (Å²) >= 11 is 8.07. The average molecular weight is 347 g/mol. The number of anilines is 1. The normalized spacial score (nSPS) is 17.4. The molecule has 3 N–H and O–H groups in total. The molecule has 1 aromatic rings. The van der Waals surface area contributed by atoms with Crippen molar-refractivity contribution < 1.29 is 4.39 Å². The lowest BCUT2D eigenvalue weighted by Crippen LogP contribution is -2.47. The van der Waals surface area contributed by atoms with Crippen molar-refractivity contribution in [3.8, 4) is 0 Å². The van der Waals surface area contributed by atoms with Gasteiger partial charge in [0, 0.05) is 31.7 Å². The predicted octanol–water partition coefficient (Wildman–Crippen LogP) is 1.80. The molecule has 0 radical (unpaired) electrons. The van der Waals surface area contributed by atoms with E-state index in [-0.39, 0.29) is 10.8 Å². The number of hydrogen-bond acceptors (Lipinski definition) is 4. The zero-order valence-corrected chi connectivity index (χ0v) is 13.0. The van der Waals surface area contributed by atoms with Crippen LogP contribution in [0.4, 0.5) is 10.1 Å². The van der Waals surface area contributed by atoms with Crippen molar-refractivity contribution in [2.75, 3.05) is 38.7 Å². The Morgan fingerprint density at radius 2 is 2.00 bits per heavy atom. The molecule has 1 aliphatic rings. The molecule has 0 aliphatic carbocycles. The van der Waals surface area contributed by atoms with Crippen molar-refractivity contribution in [2.45, 2.75) is 0 Å². The number of benzene rings is 1. The van der Waals surface area contributed by atoms with E-state index in [0.717, 1.165) is 26.2 Å². The molecular formula is C12H16BrFN4S. The van der Waals surface area contributed by atoms with Crippen molar-refractivity contribution in [3.05, 3.63) is 28.0 Å². The van der Waals surface area contributed by atoms with E-state index in [9.17, 15) is 4.39 Å². The summed E-state index contributed by atoms with van der Waals surface area (Å²) in [7, 11) is 2.07. The van der Waals surface area contributed by atoms with E-state index >= 15 is 0 Å². The standard InChI is InChI=1S/C12H16BrFN4S/c1-17-4-6-18(7-5-17)16-9-3-2-8(12(15)19)10(13)11(9)14/h2-3,16H,4-7H2,1H3,(H2,15,19). The molecule has 1 aromatic carbocycles. The number of nitrogens with zero attached hydrogens (tertiary/aromatic N) is 2. The monoisotopic (exact) mass is 346 g/mol. The quantitative estimate of drug-likeness (QED) is 0.817. The Hall–Kier alpha value is -0.760. The van der Waals surface area contributed by atoms with Crippen LogP contribution >= 0.6 is 28.1 Å². The van der Waals surface area contributed by atoms with Crippen LogP contribution in [0.1, 0.15) is 5.56 Å². The second-order valence-electron chi connectivity index (χ2n) is 4.56. The molecule has 7 heteroatoms. The third kappa shape index (κ3) is 3.42. The van der Waals surface area contributed by atoms with Gasteiger partial charge in [-0.1, -0.05) is 12.2 Å². The van der Waals surface area contributed by atoms with Crippen molar-refractivity contribution in [1.29, 1.82) is 0 Å². The van der Waals surface area contributed by atoms with E-state index in [1.165, 1.54) is 0 Å². The third-order valence-corrected chi connectivity index (χ3v) is 4.12. The molecule has 0 amide bonds. The first-order valence-corrected chi connectivity index (χ1v) is 7.17. The summed E-state index contributed by atoms with van der Waals surface area (Å²) in [6, 6.07) is 3.38. The van der Waals surface area contributed by atoms with Crippen molar-refractivity contribution in [2.24, 2.45) is 5.73 Å². The number of hydrogen-bond donors (Lipinski definition) is 2. The van der Waals surface area contributed by atoms with Crippen LogP contribution in [0.3, 0.4) is 0 Å². The fourth-order valence-electron chi connectivity index (χ4n) is 1.91. The van der Waals surface area contributed by atoms with E-state index < -0.39 is 0 Å². The summed E-state index contributed by atoms with van der Waals surface area (Å²) in [6.07, 6.45) is 0. The Labute approximate surface area is 125 Å². The van der Waals surface area contributed by atoms with Gasteiger partial charge in [-0.3, -0.25) is 0 Å². The first-order chi connectivity index (χ1) is 8.99. The SMILES string of the molecule is CN1CCN(Nc2ccc(C(N)=S)c(Br)c2F)CC1. The zero-order chi connectivity index (χ0) is 14.0. The molecule has 4 nitrogen and oxygen atoms in total. The van der Waals surface area contributed by atoms with E-state index in [1.54, 1.807) is 12.1 Å². The highest BCUT2D eigenvalue weighted by Crippen LogP contribution is 2.27. The number of nitrogens with one attached hydrogen (secondary N) is 1. The maximum absolute atomic E-state index is 14.2. The maximum atomic E-state index is 14.2. The Morgan fingerprint density at radius 1 is 1.37 bits per heavy atom. The molecule has 0 saturated carbocycles. The first kappa shape index (κ1) is 14.6. The molecule has 19 heavy (non-hydrogen) atoms. The molecule has 104 valence electrons. The molecule has 2 rings (SSSR count). The number of hydrazine groups is 1. The molecule has 1 fully saturated rings. The molecule has 0 bridgehead atoms. The number of nitrogens with two attached hydrogens (primary N) is 1. The lowest BCUT2D eigenvalue weighted by atomic mass is 10.2. The molecule has 0 atom stereocenters. The summed E-state index contributed by atoms with van der Waals surface area (Å²) in [5, 5.41) is 2.01. The molecule has 1 saturated heterocycles. The van der Waals surface area contributed by atoms with Gasteiger partial charge in [0.15, 0.2) is 5.82 Å². The highest BCUT2D eigenvalue weighted by Gasteiger charge is 2.17. The number of likely N-dealkylation sites (N-methyl/N-ethyl adjacent to an activating group) is 1. The van der Waals surface area contributed by atoms with Crippen molar-refractivity contribution >= 4 is 38.8 Å². The van der Waals surface area contributed by atoms with Crippen LogP contribution < -0.4 is 11.2 Å². The smallest absolute Gasteiger partial charge is 0.162 e. The number of piperazine rings is 1. The van der Waals surface area contributed by atoms with Crippen LogP contribution in [0.15, 0.2) is 16.6 Å². The van der Waals surface area contributed by atoms with Gasteiger partial charge in [0.1, 0.15) is 4.99 Å². The van der Waals surface area contributed by atoms with Gasteiger partial charge in [-0.2, -0.15) is 0 Å². The average Bonchev–Trinajstić information content (AvgIpc) is 2.37. The van der Waals surface area contributed by atoms with Gasteiger partial charge >= 0.3 is 0 Å². The zero-order valence-electron chi connectivity index (χ0n) is 10.6. The summed E-state index contributed by atoms with van der Waals surface area (Å²) in [5.41, 5.74) is 9.56. The minimum absolute atomic E-state index is 0.178. The highest BCUT2D eigenvalue weighted by molar-refractivity contribution is 9.10. The van der Waals surface area contributed by atoms with E-state index in [2.05, 4.69) is 33.3 Å². The largest absolute Gasteiger partial charge is 0.389 e. The van der Waals surface area contributed by atoms with Crippen LogP contribution in [0.2, 0.25) is 0 Å². The number of rotatable bonds is 3. The summed E-state index contributed by atoms with van der Waals surface area (Å²) < 4.78 is 14.5. The second-order valence-corrected chi connectivity index (χ2v) is 5.79. The fourth-order valence-corrected chi connectivity index (χ4v) is 2.78. The Bertz CT molecular complexity index is 489. The molecule has 0 unspecified atom stereocenters. The summed E-state index contributed by atoms with van der Waals surface area (Å²) in [6.45, 7) is 3.62. The van der Waals surface area contributed by atoms with Crippen LogP contribution in [-0.2, 0) is 0 Å². The van der Waals surface area contributed by atoms with Gasteiger partial charge in [0.2, 0.25) is 0 Å². The number of halogens is 2. The van der Waals surface area contributed by atoms with Crippen LogP contribution in [0, 0.1) is 5.82 Å². The fraction of sp³-hybridized carbons (Fsp3) is 0.417. The van der Waals surface area contributed by atoms with Gasteiger partial charge in [-0.05, 0) is 35.1 Å². The van der Waals surface area contributed by atoms with Crippen LogP contribution in [0.25, 0.3) is 0 Å². The van der Waals surface area contributed by atoms with Crippen molar-refractivity contribution in [1.82, 2.24) is 9.91 Å². The summed E-state index contributed by atoms with van der Waals surface area (Å²) in [4.78, 5) is 2.41.